The molecular weight excluding hydrogens is 238 g/mol. The van der Waals surface area contributed by atoms with Crippen LogP contribution in [0.4, 0.5) is 0 Å². The zero-order valence-corrected chi connectivity index (χ0v) is 11.4. The number of aliphatic carboxylic acids is 1. The van der Waals surface area contributed by atoms with Crippen molar-refractivity contribution in [2.45, 2.75) is 38.6 Å². The Hall–Kier alpha value is -1.77. The Morgan fingerprint density at radius 3 is 2.68 bits per heavy atom. The summed E-state index contributed by atoms with van der Waals surface area (Å²) in [4.78, 5) is 11.5. The highest BCUT2D eigenvalue weighted by Gasteiger charge is 2.34. The maximum Gasteiger partial charge on any atom is 0.315 e. The van der Waals surface area contributed by atoms with E-state index in [0.29, 0.717) is 0 Å². The Kier molecular flexibility index (Phi) is 2.66. The van der Waals surface area contributed by atoms with Gasteiger partial charge in [-0.15, -0.1) is 0 Å². The summed E-state index contributed by atoms with van der Waals surface area (Å²) in [6.45, 7) is 4.51. The second kappa shape index (κ2) is 4.12. The van der Waals surface area contributed by atoms with Crippen molar-refractivity contribution >= 4 is 16.9 Å². The van der Waals surface area contributed by atoms with Crippen LogP contribution in [0.5, 0.6) is 0 Å². The highest BCUT2D eigenvalue weighted by molar-refractivity contribution is 5.86. The fraction of sp³-hybridized carbons (Fsp3) is 0.438. The van der Waals surface area contributed by atoms with E-state index >= 15 is 0 Å². The third kappa shape index (κ3) is 2.03. The van der Waals surface area contributed by atoms with E-state index in [1.807, 2.05) is 18.2 Å². The Balaban J connectivity index is 2.18. The molecule has 19 heavy (non-hydrogen) atoms. The van der Waals surface area contributed by atoms with Crippen LogP contribution < -0.4 is 0 Å². The average Bonchev–Trinajstić information content (AvgIpc) is 3.10. The molecule has 0 bridgehead atoms. The van der Waals surface area contributed by atoms with Gasteiger partial charge in [-0.25, -0.2) is 0 Å². The largest absolute Gasteiger partial charge is 0.481 e. The molecule has 2 aromatic rings. The first-order valence-corrected chi connectivity index (χ1v) is 6.82. The van der Waals surface area contributed by atoms with Gasteiger partial charge in [0.2, 0.25) is 0 Å². The third-order valence-electron chi connectivity index (χ3n) is 4.12. The topological polar surface area (TPSA) is 42.2 Å². The number of carbonyl (C=O) groups is 1. The van der Waals surface area contributed by atoms with Crippen LogP contribution in [0.25, 0.3) is 10.9 Å². The van der Waals surface area contributed by atoms with E-state index in [-0.39, 0.29) is 0 Å². The molecule has 0 radical (unpaired) electrons. The van der Waals surface area contributed by atoms with Crippen molar-refractivity contribution in [2.24, 2.45) is 5.92 Å². The van der Waals surface area contributed by atoms with Gasteiger partial charge in [-0.05, 0) is 50.1 Å². The first-order chi connectivity index (χ1) is 9.00. The molecule has 0 unspecified atom stereocenters. The molecule has 0 spiro atoms. The lowest BCUT2D eigenvalue weighted by atomic mass is 9.89. The lowest BCUT2D eigenvalue weighted by molar-refractivity contribution is -0.142. The van der Waals surface area contributed by atoms with Gasteiger partial charge in [-0.3, -0.25) is 4.79 Å². The van der Waals surface area contributed by atoms with Gasteiger partial charge in [0.1, 0.15) is 5.41 Å². The summed E-state index contributed by atoms with van der Waals surface area (Å²) in [5, 5.41) is 10.6. The van der Waals surface area contributed by atoms with Crippen molar-refractivity contribution in [3.63, 3.8) is 0 Å². The van der Waals surface area contributed by atoms with E-state index in [4.69, 9.17) is 0 Å². The summed E-state index contributed by atoms with van der Waals surface area (Å²) < 4.78 is 2.21. The quantitative estimate of drug-likeness (QED) is 0.912. The molecule has 3 rings (SSSR count). The van der Waals surface area contributed by atoms with E-state index < -0.39 is 11.4 Å². The standard InChI is InChI=1S/C16H19NO2/c1-16(2,15(18)19)14-9-12-5-3-4-6-13(12)17(14)10-11-7-8-11/h3-6,9,11H,7-8,10H2,1-2H3,(H,18,19). The monoisotopic (exact) mass is 257 g/mol. The lowest BCUT2D eigenvalue weighted by Gasteiger charge is -2.22. The molecule has 1 aliphatic carbocycles. The molecule has 1 saturated carbocycles. The van der Waals surface area contributed by atoms with E-state index in [0.717, 1.165) is 29.1 Å². The number of hydrogen-bond acceptors (Lipinski definition) is 1. The Morgan fingerprint density at radius 2 is 2.05 bits per heavy atom. The van der Waals surface area contributed by atoms with Crippen LogP contribution in [0.2, 0.25) is 0 Å². The van der Waals surface area contributed by atoms with Crippen molar-refractivity contribution in [2.75, 3.05) is 0 Å². The molecule has 1 N–H and O–H groups in total. The van der Waals surface area contributed by atoms with Crippen molar-refractivity contribution < 1.29 is 9.90 Å². The smallest absolute Gasteiger partial charge is 0.315 e. The second-order valence-electron chi connectivity index (χ2n) is 6.07. The van der Waals surface area contributed by atoms with Gasteiger partial charge in [-0.2, -0.15) is 0 Å². The van der Waals surface area contributed by atoms with Crippen LogP contribution in [0.15, 0.2) is 30.3 Å². The number of aromatic nitrogens is 1. The zero-order chi connectivity index (χ0) is 13.6. The van der Waals surface area contributed by atoms with E-state index in [9.17, 15) is 9.90 Å². The van der Waals surface area contributed by atoms with Crippen LogP contribution in [-0.2, 0) is 16.8 Å². The van der Waals surface area contributed by atoms with Crippen molar-refractivity contribution in [1.29, 1.82) is 0 Å². The minimum atomic E-state index is -0.853. The summed E-state index contributed by atoms with van der Waals surface area (Å²) in [5.41, 5.74) is 1.21. The molecule has 1 aliphatic rings. The molecule has 0 atom stereocenters. The number of benzene rings is 1. The van der Waals surface area contributed by atoms with Crippen LogP contribution in [0.1, 0.15) is 32.4 Å². The van der Waals surface area contributed by atoms with Crippen LogP contribution in [0, 0.1) is 5.92 Å². The molecule has 1 aromatic heterocycles. The summed E-state index contributed by atoms with van der Waals surface area (Å²) >= 11 is 0. The number of nitrogens with zero attached hydrogens (tertiary/aromatic N) is 1. The fourth-order valence-corrected chi connectivity index (χ4v) is 2.59. The van der Waals surface area contributed by atoms with Crippen LogP contribution in [0.3, 0.4) is 0 Å². The van der Waals surface area contributed by atoms with E-state index in [2.05, 4.69) is 16.7 Å². The van der Waals surface area contributed by atoms with E-state index in [1.54, 1.807) is 13.8 Å². The maximum absolute atomic E-state index is 11.5. The van der Waals surface area contributed by atoms with Gasteiger partial charge >= 0.3 is 5.97 Å². The normalized spacial score (nSPS) is 15.9. The predicted molar refractivity (Wildman–Crippen MR) is 75.3 cm³/mol. The number of carboxylic acid groups (broad SMARTS) is 1. The van der Waals surface area contributed by atoms with E-state index in [1.165, 1.54) is 12.8 Å². The number of hydrogen-bond donors (Lipinski definition) is 1. The Bertz CT molecular complexity index is 635. The summed E-state index contributed by atoms with van der Waals surface area (Å²) in [6, 6.07) is 10.2. The number of fused-ring (bicyclic) bond motifs is 1. The minimum Gasteiger partial charge on any atom is -0.481 e. The van der Waals surface area contributed by atoms with Crippen LogP contribution in [-0.4, -0.2) is 15.6 Å². The SMILES string of the molecule is CC(C)(C(=O)O)c1cc2ccccc2n1CC1CC1. The third-order valence-corrected chi connectivity index (χ3v) is 4.12. The maximum atomic E-state index is 11.5. The summed E-state index contributed by atoms with van der Waals surface area (Å²) in [6.07, 6.45) is 2.53. The average molecular weight is 257 g/mol. The van der Waals surface area contributed by atoms with Crippen molar-refractivity contribution in [3.05, 3.63) is 36.0 Å². The Morgan fingerprint density at radius 1 is 1.37 bits per heavy atom. The molecule has 1 aromatic carbocycles. The van der Waals surface area contributed by atoms with Gasteiger partial charge in [0.05, 0.1) is 0 Å². The molecule has 0 saturated heterocycles. The summed E-state index contributed by atoms with van der Waals surface area (Å²) in [5.74, 6) is -0.0495. The zero-order valence-electron chi connectivity index (χ0n) is 11.4. The molecule has 0 aliphatic heterocycles. The highest BCUT2D eigenvalue weighted by Crippen LogP contribution is 2.36. The molecule has 1 fully saturated rings. The fourth-order valence-electron chi connectivity index (χ4n) is 2.59. The molecule has 1 heterocycles. The predicted octanol–water partition coefficient (Wildman–Crippen LogP) is 3.41. The number of carboxylic acids is 1. The van der Waals surface area contributed by atoms with Gasteiger partial charge in [0.25, 0.3) is 0 Å². The van der Waals surface area contributed by atoms with Gasteiger partial charge in [-0.1, -0.05) is 18.2 Å². The first-order valence-electron chi connectivity index (χ1n) is 6.82. The van der Waals surface area contributed by atoms with Gasteiger partial charge in [0, 0.05) is 17.8 Å². The highest BCUT2D eigenvalue weighted by atomic mass is 16.4. The molecule has 0 amide bonds. The number of para-hydroxylation sites is 1. The summed E-state index contributed by atoms with van der Waals surface area (Å²) in [7, 11) is 0. The minimum absolute atomic E-state index is 0.721. The molecule has 3 heteroatoms. The Labute approximate surface area is 112 Å². The van der Waals surface area contributed by atoms with Gasteiger partial charge in [0.15, 0.2) is 0 Å². The molecule has 3 nitrogen and oxygen atoms in total. The second-order valence-corrected chi connectivity index (χ2v) is 6.07. The van der Waals surface area contributed by atoms with Crippen molar-refractivity contribution in [1.82, 2.24) is 4.57 Å². The van der Waals surface area contributed by atoms with Gasteiger partial charge < -0.3 is 9.67 Å². The van der Waals surface area contributed by atoms with Crippen LogP contribution >= 0.6 is 0 Å². The number of rotatable bonds is 4. The molecule has 100 valence electrons. The lowest BCUT2D eigenvalue weighted by Crippen LogP contribution is -2.31. The first kappa shape index (κ1) is 12.3. The molecular formula is C16H19NO2. The van der Waals surface area contributed by atoms with Crippen molar-refractivity contribution in [3.8, 4) is 0 Å².